The number of pyridine rings is 2. The van der Waals surface area contributed by atoms with Gasteiger partial charge in [-0.05, 0) is 36.8 Å². The highest BCUT2D eigenvalue weighted by Crippen LogP contribution is 2.36. The summed E-state index contributed by atoms with van der Waals surface area (Å²) in [7, 11) is 1.58. The average Bonchev–Trinajstić information content (AvgIpc) is 3.16. The number of amidine groups is 1. The summed E-state index contributed by atoms with van der Waals surface area (Å²) in [6, 6.07) is 16.9. The Balaban J connectivity index is 1.65. The van der Waals surface area contributed by atoms with Crippen molar-refractivity contribution < 1.29 is 9.58 Å². The number of methoxy groups -OCH3 is 1. The molecule has 4 heterocycles. The van der Waals surface area contributed by atoms with Crippen LogP contribution in [-0.2, 0) is 6.54 Å². The van der Waals surface area contributed by atoms with E-state index < -0.39 is 0 Å². The highest BCUT2D eigenvalue weighted by Gasteiger charge is 2.44. The molecule has 2 aliphatic heterocycles. The van der Waals surface area contributed by atoms with Crippen LogP contribution in [0.1, 0.15) is 22.5 Å². The molecule has 0 saturated carbocycles. The van der Waals surface area contributed by atoms with Crippen LogP contribution >= 0.6 is 11.6 Å². The number of hydrazone groups is 1. The summed E-state index contributed by atoms with van der Waals surface area (Å²) in [6.07, 6.45) is 1.62. The van der Waals surface area contributed by atoms with Crippen LogP contribution in [-0.4, -0.2) is 50.3 Å². The number of halogens is 1. The van der Waals surface area contributed by atoms with Gasteiger partial charge in [0.05, 0.1) is 24.7 Å². The van der Waals surface area contributed by atoms with Gasteiger partial charge in [-0.2, -0.15) is 19.7 Å². The number of guanidine groups is 1. The first kappa shape index (κ1) is 21.7. The lowest BCUT2D eigenvalue weighted by Crippen LogP contribution is -2.44. The zero-order valence-electron chi connectivity index (χ0n) is 18.6. The van der Waals surface area contributed by atoms with Crippen LogP contribution in [0.4, 0.5) is 0 Å². The van der Waals surface area contributed by atoms with E-state index in [1.54, 1.807) is 29.3 Å². The first-order valence-electron chi connectivity index (χ1n) is 10.6. The number of aliphatic imine (C=N–C) groups is 1. The number of hydrogen-bond acceptors (Lipinski definition) is 8. The first-order valence-corrected chi connectivity index (χ1v) is 11.0. The molecule has 0 unspecified atom stereocenters. The summed E-state index contributed by atoms with van der Waals surface area (Å²) in [4.78, 5) is 15.9. The molecule has 0 fully saturated rings. The third-order valence-corrected chi connectivity index (χ3v) is 5.79. The van der Waals surface area contributed by atoms with Crippen molar-refractivity contribution in [2.24, 2.45) is 10.7 Å². The summed E-state index contributed by atoms with van der Waals surface area (Å²) in [5.74, 6) is 1.26. The Morgan fingerprint density at radius 2 is 1.94 bits per heavy atom. The van der Waals surface area contributed by atoms with Crippen molar-refractivity contribution in [2.45, 2.75) is 13.5 Å². The van der Waals surface area contributed by atoms with E-state index in [2.05, 4.69) is 9.97 Å². The maximum atomic E-state index is 13.7. The van der Waals surface area contributed by atoms with Gasteiger partial charge in [-0.3, -0.25) is 4.98 Å². The van der Waals surface area contributed by atoms with Crippen LogP contribution in [0.15, 0.2) is 65.8 Å². The van der Waals surface area contributed by atoms with Gasteiger partial charge in [0.25, 0.3) is 5.96 Å². The molecule has 2 aromatic heterocycles. The van der Waals surface area contributed by atoms with E-state index in [1.165, 1.54) is 0 Å². The second-order valence-corrected chi connectivity index (χ2v) is 8.29. The lowest BCUT2D eigenvalue weighted by molar-refractivity contribution is -0.630. The summed E-state index contributed by atoms with van der Waals surface area (Å²) >= 11 is 6.29. The van der Waals surface area contributed by atoms with Crippen molar-refractivity contribution in [1.82, 2.24) is 19.9 Å². The number of aromatic nitrogens is 2. The molecule has 2 aliphatic rings. The fraction of sp³-hybridized carbons (Fsp3) is 0.167. The predicted octanol–water partition coefficient (Wildman–Crippen LogP) is 3.24. The minimum atomic E-state index is 0.227. The molecule has 0 spiro atoms. The van der Waals surface area contributed by atoms with Crippen molar-refractivity contribution in [3.8, 4) is 5.75 Å². The second-order valence-electron chi connectivity index (χ2n) is 7.90. The summed E-state index contributed by atoms with van der Waals surface area (Å²) in [6.45, 7) is 2.36. The van der Waals surface area contributed by atoms with Gasteiger partial charge in [0.15, 0.2) is 6.67 Å². The largest absolute Gasteiger partial charge is 0.692 e. The van der Waals surface area contributed by atoms with Gasteiger partial charge in [0.2, 0.25) is 0 Å². The maximum Gasteiger partial charge on any atom is 0.318 e. The lowest BCUT2D eigenvalue weighted by Gasteiger charge is -2.21. The van der Waals surface area contributed by atoms with Crippen LogP contribution in [0.5, 0.6) is 5.75 Å². The van der Waals surface area contributed by atoms with Crippen LogP contribution in [0.25, 0.3) is 11.3 Å². The molecule has 0 aliphatic carbocycles. The van der Waals surface area contributed by atoms with Gasteiger partial charge >= 0.3 is 5.84 Å². The molecule has 0 saturated heterocycles. The molecule has 0 atom stereocenters. The normalized spacial score (nSPS) is 15.6. The fourth-order valence-electron chi connectivity index (χ4n) is 4.04. The van der Waals surface area contributed by atoms with Gasteiger partial charge in [0, 0.05) is 11.3 Å². The van der Waals surface area contributed by atoms with E-state index >= 15 is 0 Å². The van der Waals surface area contributed by atoms with E-state index in [-0.39, 0.29) is 19.2 Å². The molecule has 10 heteroatoms. The number of benzene rings is 1. The predicted molar refractivity (Wildman–Crippen MR) is 131 cm³/mol. The Labute approximate surface area is 201 Å². The van der Waals surface area contributed by atoms with E-state index in [1.807, 2.05) is 55.5 Å². The van der Waals surface area contributed by atoms with Crippen LogP contribution in [0, 0.1) is 12.1 Å². The van der Waals surface area contributed by atoms with Crippen LogP contribution in [0.3, 0.4) is 0 Å². The van der Waals surface area contributed by atoms with Crippen molar-refractivity contribution >= 4 is 34.7 Å². The SMILES string of the molecule is COc1ccc(CN2CN3C(N)=NC(c4ccccc4)=C(c4cc(C)nc(Cl)c4)C3=[N+]2[O-])nc1. The number of nitrogens with zero attached hydrogens (tertiary/aromatic N) is 6. The highest BCUT2D eigenvalue weighted by molar-refractivity contribution is 6.34. The molecule has 0 radical (unpaired) electrons. The van der Waals surface area contributed by atoms with E-state index in [9.17, 15) is 5.21 Å². The molecule has 172 valence electrons. The molecular weight excluding hydrogens is 454 g/mol. The minimum Gasteiger partial charge on any atom is -0.692 e. The van der Waals surface area contributed by atoms with Crippen molar-refractivity contribution in [2.75, 3.05) is 13.8 Å². The molecule has 2 N–H and O–H groups in total. The quantitative estimate of drug-likeness (QED) is 0.343. The first-order chi connectivity index (χ1) is 16.4. The minimum absolute atomic E-state index is 0.227. The third kappa shape index (κ3) is 3.90. The topological polar surface area (TPSA) is 106 Å². The summed E-state index contributed by atoms with van der Waals surface area (Å²) in [5, 5.41) is 15.6. The zero-order chi connectivity index (χ0) is 23.8. The van der Waals surface area contributed by atoms with Gasteiger partial charge in [0.1, 0.15) is 23.0 Å². The second kappa shape index (κ2) is 8.68. The van der Waals surface area contributed by atoms with Crippen molar-refractivity contribution in [3.05, 3.63) is 93.7 Å². The van der Waals surface area contributed by atoms with Crippen LogP contribution < -0.4 is 10.5 Å². The number of hydrogen-bond donors (Lipinski definition) is 1. The van der Waals surface area contributed by atoms with Crippen molar-refractivity contribution in [1.29, 1.82) is 0 Å². The molecule has 0 bridgehead atoms. The van der Waals surface area contributed by atoms with Gasteiger partial charge in [-0.25, -0.2) is 4.98 Å². The van der Waals surface area contributed by atoms with Gasteiger partial charge in [-0.1, -0.05) is 41.9 Å². The number of aryl methyl sites for hydroxylation is 1. The highest BCUT2D eigenvalue weighted by atomic mass is 35.5. The molecule has 5 rings (SSSR count). The molecule has 1 aromatic carbocycles. The Bertz CT molecular complexity index is 1320. The maximum absolute atomic E-state index is 13.7. The standard InChI is InChI=1S/C24H22ClN7O2/c1-15-10-17(11-20(25)28-15)21-22(16-6-4-3-5-7-16)29-24(26)31-14-30(32(33)23(21)31)13-18-8-9-19(34-2)12-27-18/h3-12H,13-14H2,1-2H3,(H2,26,29). The fourth-order valence-corrected chi connectivity index (χ4v) is 4.29. The van der Waals surface area contributed by atoms with Gasteiger partial charge in [-0.15, -0.1) is 0 Å². The van der Waals surface area contributed by atoms with E-state index in [0.717, 1.165) is 21.7 Å². The van der Waals surface area contributed by atoms with Crippen LogP contribution in [0.2, 0.25) is 5.15 Å². The monoisotopic (exact) mass is 475 g/mol. The number of hydrazine groups is 1. The van der Waals surface area contributed by atoms with Crippen molar-refractivity contribution in [3.63, 3.8) is 0 Å². The number of rotatable bonds is 5. The van der Waals surface area contributed by atoms with E-state index in [4.69, 9.17) is 27.1 Å². The number of fused-ring (bicyclic) bond motifs is 1. The summed E-state index contributed by atoms with van der Waals surface area (Å²) < 4.78 is 5.17. The number of ether oxygens (including phenoxy) is 1. The molecule has 34 heavy (non-hydrogen) atoms. The lowest BCUT2D eigenvalue weighted by atomic mass is 9.97. The Morgan fingerprint density at radius 1 is 1.15 bits per heavy atom. The Hall–Kier alpha value is -4.11. The molecule has 9 nitrogen and oxygen atoms in total. The van der Waals surface area contributed by atoms with E-state index in [0.29, 0.717) is 33.7 Å². The molecule has 0 amide bonds. The third-order valence-electron chi connectivity index (χ3n) is 5.60. The zero-order valence-corrected chi connectivity index (χ0v) is 19.4. The Morgan fingerprint density at radius 3 is 2.62 bits per heavy atom. The number of nitrogens with two attached hydrogens (primary N) is 1. The molecule has 3 aromatic rings. The Kier molecular flexibility index (Phi) is 5.54. The summed E-state index contributed by atoms with van der Waals surface area (Å²) in [5.41, 5.74) is 10.6. The molecular formula is C24H22ClN7O2. The average molecular weight is 476 g/mol. The smallest absolute Gasteiger partial charge is 0.318 e. The van der Waals surface area contributed by atoms with Gasteiger partial charge < -0.3 is 15.7 Å².